The summed E-state index contributed by atoms with van der Waals surface area (Å²) >= 11 is 1.71. The van der Waals surface area contributed by atoms with Gasteiger partial charge in [-0.2, -0.15) is 0 Å². The quantitative estimate of drug-likeness (QED) is 0.818. The summed E-state index contributed by atoms with van der Waals surface area (Å²) in [6.45, 7) is 1.70. The maximum absolute atomic E-state index is 11.3. The number of thiophene rings is 1. The number of hydrogen-bond donors (Lipinski definition) is 1. The molecule has 0 spiro atoms. The van der Waals surface area contributed by atoms with Gasteiger partial charge in [0.05, 0.1) is 5.75 Å². The monoisotopic (exact) mass is 261 g/mol. The minimum atomic E-state index is -2.82. The van der Waals surface area contributed by atoms with Crippen molar-refractivity contribution in [3.8, 4) is 0 Å². The maximum Gasteiger partial charge on any atom is 0.150 e. The predicted octanol–water partition coefficient (Wildman–Crippen LogP) is 2.22. The second kappa shape index (κ2) is 6.37. The third-order valence-electron chi connectivity index (χ3n) is 2.62. The first-order valence-corrected chi connectivity index (χ1v) is 8.20. The average molecular weight is 261 g/mol. The van der Waals surface area contributed by atoms with E-state index in [0.717, 1.165) is 12.8 Å². The van der Waals surface area contributed by atoms with Gasteiger partial charge in [-0.1, -0.05) is 13.0 Å². The molecule has 3 nitrogen and oxygen atoms in total. The molecular weight excluding hydrogens is 242 g/mol. The molecule has 92 valence electrons. The molecule has 1 atom stereocenters. The molecule has 0 radical (unpaired) electrons. The molecule has 0 bridgehead atoms. The van der Waals surface area contributed by atoms with Gasteiger partial charge >= 0.3 is 0 Å². The number of sulfone groups is 1. The lowest BCUT2D eigenvalue weighted by molar-refractivity contribution is 0.542. The van der Waals surface area contributed by atoms with Crippen LogP contribution in [0.2, 0.25) is 0 Å². The van der Waals surface area contributed by atoms with E-state index in [0.29, 0.717) is 5.75 Å². The van der Waals surface area contributed by atoms with E-state index < -0.39 is 9.84 Å². The first-order chi connectivity index (χ1) is 7.59. The molecule has 0 aromatic carbocycles. The zero-order valence-corrected chi connectivity index (χ0v) is 11.4. The molecule has 16 heavy (non-hydrogen) atoms. The van der Waals surface area contributed by atoms with Gasteiger partial charge in [-0.15, -0.1) is 11.3 Å². The normalized spacial score (nSPS) is 13.9. The lowest BCUT2D eigenvalue weighted by atomic mass is 10.1. The fraction of sp³-hybridized carbons (Fsp3) is 0.636. The summed E-state index contributed by atoms with van der Waals surface area (Å²) in [6, 6.07) is 4.39. The topological polar surface area (TPSA) is 46.2 Å². The highest BCUT2D eigenvalue weighted by Gasteiger charge is 2.12. The summed E-state index contributed by atoms with van der Waals surface area (Å²) in [5.41, 5.74) is 0. The lowest BCUT2D eigenvalue weighted by Gasteiger charge is -2.13. The van der Waals surface area contributed by atoms with E-state index in [4.69, 9.17) is 0 Å². The number of hydrogen-bond acceptors (Lipinski definition) is 4. The van der Waals surface area contributed by atoms with Crippen LogP contribution >= 0.6 is 11.3 Å². The highest BCUT2D eigenvalue weighted by atomic mass is 32.2. The van der Waals surface area contributed by atoms with Crippen LogP contribution in [0, 0.1) is 0 Å². The van der Waals surface area contributed by atoms with Crippen LogP contribution in [-0.4, -0.2) is 27.0 Å². The maximum atomic E-state index is 11.3. The third-order valence-corrected chi connectivity index (χ3v) is 5.40. The van der Waals surface area contributed by atoms with Gasteiger partial charge in [0.25, 0.3) is 0 Å². The lowest BCUT2D eigenvalue weighted by Crippen LogP contribution is -2.17. The molecule has 1 aromatic heterocycles. The van der Waals surface area contributed by atoms with Crippen LogP contribution in [0.3, 0.4) is 0 Å². The molecule has 0 saturated heterocycles. The summed E-state index contributed by atoms with van der Waals surface area (Å²) < 4.78 is 22.7. The zero-order chi connectivity index (χ0) is 12.0. The van der Waals surface area contributed by atoms with Crippen molar-refractivity contribution in [3.63, 3.8) is 0 Å². The molecule has 0 saturated carbocycles. The average Bonchev–Trinajstić information content (AvgIpc) is 2.78. The van der Waals surface area contributed by atoms with Crippen LogP contribution in [0.5, 0.6) is 0 Å². The smallest absolute Gasteiger partial charge is 0.150 e. The fourth-order valence-corrected chi connectivity index (χ4v) is 3.34. The molecular formula is C11H19NO2S2. The molecule has 0 aliphatic heterocycles. The van der Waals surface area contributed by atoms with Crippen molar-refractivity contribution in [2.75, 3.05) is 18.6 Å². The van der Waals surface area contributed by atoms with Crippen LogP contribution in [-0.2, 0) is 9.84 Å². The van der Waals surface area contributed by atoms with E-state index in [9.17, 15) is 8.42 Å². The SMILES string of the molecule is CCS(=O)(=O)CCCC(NC)c1cccs1. The summed E-state index contributed by atoms with van der Waals surface area (Å²) in [6.07, 6.45) is 1.59. The van der Waals surface area contributed by atoms with Crippen molar-refractivity contribution in [2.24, 2.45) is 0 Å². The van der Waals surface area contributed by atoms with Crippen LogP contribution in [0.25, 0.3) is 0 Å². The number of rotatable bonds is 7. The largest absolute Gasteiger partial charge is 0.312 e. The van der Waals surface area contributed by atoms with Crippen LogP contribution in [0.1, 0.15) is 30.7 Å². The summed E-state index contributed by atoms with van der Waals surface area (Å²) in [7, 11) is -0.901. The van der Waals surface area contributed by atoms with E-state index in [-0.39, 0.29) is 11.8 Å². The van der Waals surface area contributed by atoms with E-state index in [1.165, 1.54) is 4.88 Å². The van der Waals surface area contributed by atoms with Crippen molar-refractivity contribution >= 4 is 21.2 Å². The van der Waals surface area contributed by atoms with Crippen molar-refractivity contribution in [1.82, 2.24) is 5.32 Å². The molecule has 1 rings (SSSR count). The second-order valence-corrected chi connectivity index (χ2v) is 7.19. The Labute approximate surface area is 102 Å². The Balaban J connectivity index is 2.42. The van der Waals surface area contributed by atoms with Gasteiger partial charge < -0.3 is 5.32 Å². The minimum Gasteiger partial charge on any atom is -0.312 e. The molecule has 1 aromatic rings. The van der Waals surface area contributed by atoms with E-state index in [1.807, 2.05) is 18.5 Å². The predicted molar refractivity (Wildman–Crippen MR) is 69.7 cm³/mol. The Morgan fingerprint density at radius 1 is 1.50 bits per heavy atom. The van der Waals surface area contributed by atoms with Crippen molar-refractivity contribution in [2.45, 2.75) is 25.8 Å². The first kappa shape index (κ1) is 13.7. The molecule has 0 aliphatic rings. The van der Waals surface area contributed by atoms with Gasteiger partial charge in [-0.3, -0.25) is 0 Å². The fourth-order valence-electron chi connectivity index (χ4n) is 1.57. The molecule has 1 N–H and O–H groups in total. The van der Waals surface area contributed by atoms with Gasteiger partial charge in [0.15, 0.2) is 0 Å². The van der Waals surface area contributed by atoms with Gasteiger partial charge in [-0.25, -0.2) is 8.42 Å². The molecule has 1 unspecified atom stereocenters. The summed E-state index contributed by atoms with van der Waals surface area (Å²) in [5.74, 6) is 0.545. The molecule has 5 heteroatoms. The Bertz CT molecular complexity index is 384. The highest BCUT2D eigenvalue weighted by Crippen LogP contribution is 2.22. The zero-order valence-electron chi connectivity index (χ0n) is 9.77. The summed E-state index contributed by atoms with van der Waals surface area (Å²) in [5, 5.41) is 5.27. The van der Waals surface area contributed by atoms with Gasteiger partial charge in [0.2, 0.25) is 0 Å². The first-order valence-electron chi connectivity index (χ1n) is 5.50. The third kappa shape index (κ3) is 4.23. The standard InChI is InChI=1S/C11H19NO2S2/c1-3-16(13,14)9-5-6-10(12-2)11-7-4-8-15-11/h4,7-8,10,12H,3,5-6,9H2,1-2H3. The molecule has 0 amide bonds. The molecule has 1 heterocycles. The van der Waals surface area contributed by atoms with Crippen LogP contribution in [0.4, 0.5) is 0 Å². The number of nitrogens with one attached hydrogen (secondary N) is 1. The highest BCUT2D eigenvalue weighted by molar-refractivity contribution is 7.91. The Morgan fingerprint density at radius 2 is 2.25 bits per heavy atom. The minimum absolute atomic E-state index is 0.246. The molecule has 0 aliphatic carbocycles. The Morgan fingerprint density at radius 3 is 2.75 bits per heavy atom. The van der Waals surface area contributed by atoms with E-state index in [1.54, 1.807) is 18.3 Å². The van der Waals surface area contributed by atoms with E-state index in [2.05, 4.69) is 11.4 Å². The summed E-state index contributed by atoms with van der Waals surface area (Å²) in [4.78, 5) is 1.27. The molecule has 0 fully saturated rings. The van der Waals surface area contributed by atoms with Gasteiger partial charge in [0, 0.05) is 16.7 Å². The Hall–Kier alpha value is -0.390. The van der Waals surface area contributed by atoms with Crippen molar-refractivity contribution < 1.29 is 8.42 Å². The van der Waals surface area contributed by atoms with Crippen LogP contribution in [0.15, 0.2) is 17.5 Å². The van der Waals surface area contributed by atoms with Gasteiger partial charge in [0.1, 0.15) is 9.84 Å². The Kier molecular flexibility index (Phi) is 5.44. The van der Waals surface area contributed by atoms with Crippen molar-refractivity contribution in [3.05, 3.63) is 22.4 Å². The van der Waals surface area contributed by atoms with E-state index >= 15 is 0 Å². The second-order valence-electron chi connectivity index (χ2n) is 3.74. The van der Waals surface area contributed by atoms with Gasteiger partial charge in [-0.05, 0) is 31.3 Å². The van der Waals surface area contributed by atoms with Crippen LogP contribution < -0.4 is 5.32 Å². The van der Waals surface area contributed by atoms with Crippen molar-refractivity contribution in [1.29, 1.82) is 0 Å².